The van der Waals surface area contributed by atoms with Gasteiger partial charge in [0.25, 0.3) is 0 Å². The predicted octanol–water partition coefficient (Wildman–Crippen LogP) is 2.00. The Morgan fingerprint density at radius 3 is 2.24 bits per heavy atom. The van der Waals surface area contributed by atoms with Crippen LogP contribution in [0.1, 0.15) is 10.4 Å². The largest absolute Gasteiger partial charge is 0.478 e. The van der Waals surface area contributed by atoms with Crippen LogP contribution >= 0.6 is 0 Å². The minimum atomic E-state index is -0.949. The fourth-order valence-electron chi connectivity index (χ4n) is 1.57. The lowest BCUT2D eigenvalue weighted by Gasteiger charge is -2.09. The molecule has 0 aliphatic carbocycles. The van der Waals surface area contributed by atoms with E-state index in [4.69, 9.17) is 5.11 Å². The highest BCUT2D eigenvalue weighted by molar-refractivity contribution is 5.95. The van der Waals surface area contributed by atoms with E-state index < -0.39 is 5.97 Å². The first-order chi connectivity index (χ1) is 8.18. The van der Waals surface area contributed by atoms with Crippen molar-refractivity contribution in [3.63, 3.8) is 0 Å². The number of benzene rings is 2. The molecule has 0 saturated heterocycles. The molecule has 86 valence electrons. The second-order valence-electron chi connectivity index (χ2n) is 3.63. The molecule has 5 N–H and O–H groups in total. The zero-order valence-corrected chi connectivity index (χ0v) is 9.18. The SMILES string of the molecule is [NH3+]c1ccccc1Nc1ccccc1C(=O)O. The zero-order chi connectivity index (χ0) is 12.3. The van der Waals surface area contributed by atoms with Crippen molar-refractivity contribution in [1.82, 2.24) is 0 Å². The molecule has 0 radical (unpaired) electrons. The number of anilines is 2. The summed E-state index contributed by atoms with van der Waals surface area (Å²) >= 11 is 0. The van der Waals surface area contributed by atoms with Crippen LogP contribution in [0.3, 0.4) is 0 Å². The van der Waals surface area contributed by atoms with E-state index in [1.807, 2.05) is 24.3 Å². The molecule has 0 fully saturated rings. The highest BCUT2D eigenvalue weighted by Gasteiger charge is 2.10. The van der Waals surface area contributed by atoms with Gasteiger partial charge in [0, 0.05) is 6.07 Å². The average molecular weight is 229 g/mol. The average Bonchev–Trinajstić information content (AvgIpc) is 2.32. The molecule has 2 rings (SSSR count). The molecule has 17 heavy (non-hydrogen) atoms. The number of carboxylic acids is 1. The first-order valence-electron chi connectivity index (χ1n) is 5.19. The van der Waals surface area contributed by atoms with Crippen molar-refractivity contribution >= 4 is 23.0 Å². The number of hydrogen-bond donors (Lipinski definition) is 3. The lowest BCUT2D eigenvalue weighted by Crippen LogP contribution is -2.40. The first-order valence-corrected chi connectivity index (χ1v) is 5.19. The third kappa shape index (κ3) is 2.43. The number of rotatable bonds is 3. The van der Waals surface area contributed by atoms with Crippen LogP contribution in [0.5, 0.6) is 0 Å². The van der Waals surface area contributed by atoms with Crippen molar-refractivity contribution in [2.45, 2.75) is 0 Å². The van der Waals surface area contributed by atoms with Gasteiger partial charge in [0.15, 0.2) is 5.69 Å². The molecule has 0 aromatic heterocycles. The molecule has 0 atom stereocenters. The maximum atomic E-state index is 11.0. The number of para-hydroxylation sites is 2. The minimum Gasteiger partial charge on any atom is -0.478 e. The van der Waals surface area contributed by atoms with Crippen LogP contribution in [-0.4, -0.2) is 11.1 Å². The molecule has 0 aliphatic heterocycles. The van der Waals surface area contributed by atoms with Gasteiger partial charge in [-0.15, -0.1) is 0 Å². The van der Waals surface area contributed by atoms with Gasteiger partial charge in [-0.2, -0.15) is 0 Å². The second-order valence-corrected chi connectivity index (χ2v) is 3.63. The van der Waals surface area contributed by atoms with Crippen LogP contribution in [0, 0.1) is 0 Å². The van der Waals surface area contributed by atoms with Crippen molar-refractivity contribution < 1.29 is 15.6 Å². The third-order valence-electron chi connectivity index (χ3n) is 2.44. The van der Waals surface area contributed by atoms with Gasteiger partial charge in [-0.05, 0) is 18.2 Å². The summed E-state index contributed by atoms with van der Waals surface area (Å²) < 4.78 is 0. The monoisotopic (exact) mass is 229 g/mol. The maximum Gasteiger partial charge on any atom is 0.337 e. The van der Waals surface area contributed by atoms with Crippen LogP contribution in [0.4, 0.5) is 17.1 Å². The Kier molecular flexibility index (Phi) is 3.07. The Balaban J connectivity index is 2.37. The normalized spacial score (nSPS) is 9.94. The van der Waals surface area contributed by atoms with Gasteiger partial charge in [-0.25, -0.2) is 4.79 Å². The Morgan fingerprint density at radius 2 is 1.59 bits per heavy atom. The van der Waals surface area contributed by atoms with Crippen molar-refractivity contribution in [1.29, 1.82) is 0 Å². The molecule has 0 unspecified atom stereocenters. The number of aromatic carboxylic acids is 1. The quantitative estimate of drug-likeness (QED) is 0.753. The molecule has 4 heteroatoms. The predicted molar refractivity (Wildman–Crippen MR) is 65.7 cm³/mol. The summed E-state index contributed by atoms with van der Waals surface area (Å²) in [5.41, 5.74) is 6.33. The van der Waals surface area contributed by atoms with Gasteiger partial charge in [0.1, 0.15) is 5.69 Å². The second kappa shape index (κ2) is 4.67. The molecule has 2 aromatic carbocycles. The summed E-state index contributed by atoms with van der Waals surface area (Å²) in [6, 6.07) is 14.3. The van der Waals surface area contributed by atoms with E-state index in [0.717, 1.165) is 11.4 Å². The Hall–Kier alpha value is -2.33. The number of carbonyl (C=O) groups is 1. The summed E-state index contributed by atoms with van der Waals surface area (Å²) in [7, 11) is 0. The number of quaternary nitrogens is 1. The molecule has 4 nitrogen and oxygen atoms in total. The molecule has 0 aliphatic rings. The van der Waals surface area contributed by atoms with Gasteiger partial charge in [-0.3, -0.25) is 0 Å². The third-order valence-corrected chi connectivity index (χ3v) is 2.44. The van der Waals surface area contributed by atoms with Gasteiger partial charge < -0.3 is 16.2 Å². The van der Waals surface area contributed by atoms with E-state index >= 15 is 0 Å². The zero-order valence-electron chi connectivity index (χ0n) is 9.18. The van der Waals surface area contributed by atoms with Crippen molar-refractivity contribution in [2.75, 3.05) is 5.32 Å². The van der Waals surface area contributed by atoms with E-state index in [0.29, 0.717) is 5.69 Å². The van der Waals surface area contributed by atoms with E-state index in [9.17, 15) is 4.79 Å². The Bertz CT molecular complexity index is 553. The van der Waals surface area contributed by atoms with E-state index in [-0.39, 0.29) is 5.56 Å². The molecule has 0 spiro atoms. The van der Waals surface area contributed by atoms with Crippen LogP contribution in [0.2, 0.25) is 0 Å². The molecule has 0 saturated carbocycles. The van der Waals surface area contributed by atoms with Crippen molar-refractivity contribution in [3.05, 3.63) is 54.1 Å². The summed E-state index contributed by atoms with van der Waals surface area (Å²) in [5.74, 6) is -0.949. The smallest absolute Gasteiger partial charge is 0.337 e. The Labute approximate surface area is 98.7 Å². The summed E-state index contributed by atoms with van der Waals surface area (Å²) in [6.07, 6.45) is 0. The lowest BCUT2D eigenvalue weighted by atomic mass is 10.1. The van der Waals surface area contributed by atoms with Gasteiger partial charge in [-0.1, -0.05) is 24.3 Å². The van der Waals surface area contributed by atoms with Gasteiger partial charge in [0.05, 0.1) is 11.3 Å². The van der Waals surface area contributed by atoms with Crippen LogP contribution in [0.25, 0.3) is 0 Å². The number of carboxylic acid groups (broad SMARTS) is 1. The summed E-state index contributed by atoms with van der Waals surface area (Å²) in [6.45, 7) is 0. The minimum absolute atomic E-state index is 0.246. The van der Waals surface area contributed by atoms with Crippen LogP contribution in [-0.2, 0) is 0 Å². The number of nitrogens with one attached hydrogen (secondary N) is 1. The molecule has 0 bridgehead atoms. The molecule has 2 aromatic rings. The fourth-order valence-corrected chi connectivity index (χ4v) is 1.57. The van der Waals surface area contributed by atoms with Gasteiger partial charge >= 0.3 is 5.97 Å². The molecular weight excluding hydrogens is 216 g/mol. The van der Waals surface area contributed by atoms with E-state index in [1.54, 1.807) is 24.3 Å². The van der Waals surface area contributed by atoms with Crippen LogP contribution < -0.4 is 11.1 Å². The number of hydrogen-bond acceptors (Lipinski definition) is 2. The fraction of sp³-hybridized carbons (Fsp3) is 0. The summed E-state index contributed by atoms with van der Waals surface area (Å²) in [4.78, 5) is 11.0. The highest BCUT2D eigenvalue weighted by Crippen LogP contribution is 2.24. The lowest BCUT2D eigenvalue weighted by molar-refractivity contribution is -0.253. The maximum absolute atomic E-state index is 11.0. The molecular formula is C13H13N2O2+. The van der Waals surface area contributed by atoms with E-state index in [1.165, 1.54) is 0 Å². The Morgan fingerprint density at radius 1 is 1.00 bits per heavy atom. The highest BCUT2D eigenvalue weighted by atomic mass is 16.4. The molecule has 0 heterocycles. The van der Waals surface area contributed by atoms with Crippen molar-refractivity contribution in [3.8, 4) is 0 Å². The van der Waals surface area contributed by atoms with Crippen LogP contribution in [0.15, 0.2) is 48.5 Å². The summed E-state index contributed by atoms with van der Waals surface area (Å²) in [5, 5.41) is 12.1. The standard InChI is InChI=1S/C13H12N2O2/c14-10-6-2-4-8-12(10)15-11-7-3-1-5-9(11)13(16)17/h1-8,15H,14H2,(H,16,17)/p+1. The topological polar surface area (TPSA) is 77.0 Å². The van der Waals surface area contributed by atoms with E-state index in [2.05, 4.69) is 11.1 Å². The van der Waals surface area contributed by atoms with Crippen molar-refractivity contribution in [2.24, 2.45) is 0 Å². The first kappa shape index (κ1) is 11.2. The van der Waals surface area contributed by atoms with Gasteiger partial charge in [0.2, 0.25) is 0 Å². The molecule has 0 amide bonds.